The van der Waals surface area contributed by atoms with Crippen molar-refractivity contribution in [1.82, 2.24) is 14.7 Å². The first kappa shape index (κ1) is 78.9. The summed E-state index contributed by atoms with van der Waals surface area (Å²) in [6.45, 7) is 8.94. The van der Waals surface area contributed by atoms with Gasteiger partial charge in [-0.1, -0.05) is 297 Å². The fraction of sp³-hybridized carbons (Fsp3) is 1.00. The van der Waals surface area contributed by atoms with Crippen LogP contribution in [0.4, 0.5) is 0 Å². The zero-order valence-electron chi connectivity index (χ0n) is 74.6. The summed E-state index contributed by atoms with van der Waals surface area (Å²) in [4.78, 5) is 11.8. The normalized spacial score (nSPS) is 50.6. The molecule has 0 radical (unpaired) electrons. The highest BCUT2D eigenvalue weighted by Gasteiger charge is 2.71. The molecule has 22 rings (SSSR count). The van der Waals surface area contributed by atoms with Crippen LogP contribution in [-0.4, -0.2) is 75.8 Å². The number of rotatable bonds is 12. The van der Waals surface area contributed by atoms with E-state index < -0.39 is 0 Å². The Kier molecular flexibility index (Phi) is 23.8. The van der Waals surface area contributed by atoms with E-state index in [1.165, 1.54) is 12.8 Å². The molecule has 22 fully saturated rings. The molecular weight excluding hydrogens is 1360 g/mol. The van der Waals surface area contributed by atoms with Gasteiger partial charge < -0.3 is 0 Å². The quantitative estimate of drug-likeness (QED) is 0.180. The van der Waals surface area contributed by atoms with E-state index in [0.29, 0.717) is 5.41 Å². The summed E-state index contributed by atoms with van der Waals surface area (Å²) < 4.78 is 0. The van der Waals surface area contributed by atoms with Crippen LogP contribution < -0.4 is 0 Å². The van der Waals surface area contributed by atoms with Gasteiger partial charge in [-0.05, 0) is 330 Å². The van der Waals surface area contributed by atoms with Gasteiger partial charge in [0, 0.05) is 54.4 Å². The van der Waals surface area contributed by atoms with Gasteiger partial charge in [0.25, 0.3) is 0 Å². The van der Waals surface area contributed by atoms with Crippen molar-refractivity contribution in [3.8, 4) is 0 Å². The van der Waals surface area contributed by atoms with Gasteiger partial charge in [0.15, 0.2) is 6.71 Å². The van der Waals surface area contributed by atoms with Crippen LogP contribution in [0, 0.1) is 165 Å². The lowest BCUT2D eigenvalue weighted by atomic mass is 9.18. The van der Waals surface area contributed by atoms with Crippen molar-refractivity contribution >= 4 is 6.71 Å². The third-order valence-corrected chi connectivity index (χ3v) is 45.6. The Hall–Kier alpha value is -0.0551. The topological polar surface area (TPSA) is 9.72 Å². The summed E-state index contributed by atoms with van der Waals surface area (Å²) in [5.41, 5.74) is 0.462. The average molecular weight is 1540 g/mol. The van der Waals surface area contributed by atoms with Crippen LogP contribution in [0.3, 0.4) is 0 Å². The van der Waals surface area contributed by atoms with E-state index >= 15 is 0 Å². The molecule has 0 N–H and O–H groups in total. The molecule has 634 valence electrons. The van der Waals surface area contributed by atoms with Crippen LogP contribution in [0.5, 0.6) is 0 Å². The van der Waals surface area contributed by atoms with Crippen LogP contribution in [0.1, 0.15) is 445 Å². The van der Waals surface area contributed by atoms with Crippen molar-refractivity contribution in [3.63, 3.8) is 0 Å². The molecule has 0 amide bonds. The molecule has 0 spiro atoms. The van der Waals surface area contributed by atoms with Crippen LogP contribution in [0.2, 0.25) is 17.5 Å². The molecule has 3 saturated heterocycles. The highest BCUT2D eigenvalue weighted by molar-refractivity contribution is 6.65. The fourth-order valence-corrected chi connectivity index (χ4v) is 41.9. The summed E-state index contributed by atoms with van der Waals surface area (Å²) >= 11 is 0. The maximum absolute atomic E-state index is 4.10. The largest absolute Gasteiger partial charge is 0.295 e. The molecule has 0 aromatic heterocycles. The van der Waals surface area contributed by atoms with E-state index in [1.807, 2.05) is 0 Å². The maximum Gasteiger partial charge on any atom is 0.156 e. The van der Waals surface area contributed by atoms with E-state index in [9.17, 15) is 0 Å². The minimum Gasteiger partial charge on any atom is -0.295 e. The van der Waals surface area contributed by atoms with Gasteiger partial charge in [-0.25, -0.2) is 0 Å². The first-order chi connectivity index (χ1) is 55.7. The lowest BCUT2D eigenvalue weighted by Crippen LogP contribution is -2.77. The predicted octanol–water partition coefficient (Wildman–Crippen LogP) is 29.5. The second-order valence-electron chi connectivity index (χ2n) is 50.6. The molecule has 0 aromatic rings. The Labute approximate surface area is 698 Å². The van der Waals surface area contributed by atoms with Crippen molar-refractivity contribution in [2.75, 3.05) is 0 Å². The van der Waals surface area contributed by atoms with Crippen molar-refractivity contribution in [1.29, 1.82) is 0 Å². The smallest absolute Gasteiger partial charge is 0.156 e. The van der Waals surface area contributed by atoms with Crippen molar-refractivity contribution < 1.29 is 0 Å². The summed E-state index contributed by atoms with van der Waals surface area (Å²) in [5.74, 6) is 30.8. The number of fused-ring (bicyclic) bond motifs is 9. The molecule has 19 aliphatic carbocycles. The molecule has 21 unspecified atom stereocenters. The molecule has 113 heavy (non-hydrogen) atoms. The Morgan fingerprint density at radius 1 is 0.221 bits per heavy atom. The monoisotopic (exact) mass is 1540 g/mol. The number of likely N-dealkylation sites (tertiary alicyclic amines) is 1. The average Bonchev–Trinajstić information content (AvgIpc) is 0.976. The standard InChI is InChI=1S/C109H180BN3/c1-109(2,3)82-54-51-70(52-55-82)61-71-62-102-106-103(63-71)113(108-94(76-37-18-8-19-38-76)66-81(73-31-12-5-13-32-73)67-95(108)77-39-20-9-21-40-77)101-69-83(111-98-49-24-22-43-85(98)86-44-23-25-50-99(86)111)56-59-96(101)110(106)97-68-79(84-57-58-91-89-46-27-42-78-41-26-45-88(104(78)89)90-48-28-47-87(84)105(90)91)53-60-100(97)112(102)107-92(74-33-14-6-15-34-74)64-80(72-29-10-4-11-30-72)65-93(107)75-35-16-7-17-36-75/h70-108H,4-69H2,1-3H3/t70?,71?,78?,79?,80?,81?,82?,83-,84+,85-,86?,87?,88?,89?,90?,91?,92?,93?,94-,95+,96?,97?,98?,99+,100?,101?,102?,103?,104-,105+,106?,107?,108?/m0/s1. The first-order valence-electron chi connectivity index (χ1n) is 55.0. The van der Waals surface area contributed by atoms with E-state index in [2.05, 4.69) is 35.5 Å². The molecular formula is C109H180BN3. The Morgan fingerprint density at radius 2 is 0.619 bits per heavy atom. The van der Waals surface area contributed by atoms with Gasteiger partial charge in [-0.2, -0.15) is 0 Å². The molecule has 0 bridgehead atoms. The highest BCUT2D eigenvalue weighted by Crippen LogP contribution is 2.72. The third-order valence-electron chi connectivity index (χ3n) is 45.6. The van der Waals surface area contributed by atoms with Crippen molar-refractivity contribution in [3.05, 3.63) is 0 Å². The minimum atomic E-state index is 0.462. The molecule has 4 heteroatoms. The number of hydrogen-bond acceptors (Lipinski definition) is 3. The van der Waals surface area contributed by atoms with E-state index in [1.54, 1.807) is 411 Å². The second-order valence-corrected chi connectivity index (χ2v) is 50.6. The van der Waals surface area contributed by atoms with Gasteiger partial charge in [-0.15, -0.1) is 0 Å². The van der Waals surface area contributed by atoms with Gasteiger partial charge in [0.1, 0.15) is 0 Å². The molecule has 29 atom stereocenters. The van der Waals surface area contributed by atoms with Gasteiger partial charge in [0.2, 0.25) is 0 Å². The molecule has 3 aliphatic heterocycles. The van der Waals surface area contributed by atoms with Gasteiger partial charge in [-0.3, -0.25) is 14.7 Å². The molecule has 22 aliphatic rings. The minimum absolute atomic E-state index is 0.462. The van der Waals surface area contributed by atoms with Crippen LogP contribution in [0.25, 0.3) is 0 Å². The van der Waals surface area contributed by atoms with Crippen LogP contribution >= 0.6 is 0 Å². The Morgan fingerprint density at radius 3 is 1.11 bits per heavy atom. The van der Waals surface area contributed by atoms with Crippen LogP contribution in [0.15, 0.2) is 0 Å². The summed E-state index contributed by atoms with van der Waals surface area (Å²) in [6, 6.07) is 7.89. The fourth-order valence-electron chi connectivity index (χ4n) is 41.9. The number of nitrogens with zero attached hydrogens (tertiary/aromatic N) is 3. The molecule has 3 nitrogen and oxygen atoms in total. The van der Waals surface area contributed by atoms with E-state index in [0.717, 1.165) is 238 Å². The van der Waals surface area contributed by atoms with E-state index in [-0.39, 0.29) is 0 Å². The summed E-state index contributed by atoms with van der Waals surface area (Å²) in [6.07, 6.45) is 106. The second kappa shape index (κ2) is 34.1. The third kappa shape index (κ3) is 14.7. The van der Waals surface area contributed by atoms with Crippen molar-refractivity contribution in [2.24, 2.45) is 165 Å². The SMILES string of the molecule is CC(C)(C)C1CCC(CC2CC3C4B(C5CC([C@H]6CCC7C8CCCC9CCCC(C%10CCCC6[C@H]%107)[C@H]98)CCC5N3C3C(C5CCCCC5)CC(C5CCCCC5)CC3C3CCCCC3)C3CC[C@H](N5C6CCCC[C@H]6C6CCCC[C@H]65)CC3N(C3[C@@H](C5CCCCC5)CC(C5CCCCC5)C[C@H]3C3CCCCC3)C4C2)CC1. The zero-order valence-corrected chi connectivity index (χ0v) is 74.6. The van der Waals surface area contributed by atoms with Gasteiger partial charge in [0.05, 0.1) is 0 Å². The summed E-state index contributed by atoms with van der Waals surface area (Å²) in [7, 11) is 0. The van der Waals surface area contributed by atoms with E-state index in [4.69, 9.17) is 0 Å². The highest BCUT2D eigenvalue weighted by atomic mass is 15.3. The lowest BCUT2D eigenvalue weighted by molar-refractivity contribution is -0.160. The molecule has 3 heterocycles. The molecule has 19 saturated carbocycles. The Balaban J connectivity index is 0.722. The lowest BCUT2D eigenvalue weighted by Gasteiger charge is -2.72. The van der Waals surface area contributed by atoms with Crippen LogP contribution in [-0.2, 0) is 0 Å². The van der Waals surface area contributed by atoms with Gasteiger partial charge >= 0.3 is 0 Å². The predicted molar refractivity (Wildman–Crippen MR) is 475 cm³/mol. The Bertz CT molecular complexity index is 2950. The first-order valence-corrected chi connectivity index (χ1v) is 55.0. The van der Waals surface area contributed by atoms with Crippen molar-refractivity contribution in [2.45, 2.75) is 516 Å². The molecule has 0 aromatic carbocycles. The zero-order chi connectivity index (χ0) is 75.0. The summed E-state index contributed by atoms with van der Waals surface area (Å²) in [5, 5.41) is 0. The maximum atomic E-state index is 4.10. The number of hydrogen-bond donors (Lipinski definition) is 0.